The van der Waals surface area contributed by atoms with Crippen LogP contribution in [-0.4, -0.2) is 54.0 Å². The Balaban J connectivity index is 1.91. The van der Waals surface area contributed by atoms with E-state index >= 15 is 0 Å². The van der Waals surface area contributed by atoms with Gasteiger partial charge in [0.15, 0.2) is 0 Å². The first-order valence-electron chi connectivity index (χ1n) is 7.86. The Morgan fingerprint density at radius 1 is 1.33 bits per heavy atom. The van der Waals surface area contributed by atoms with E-state index in [9.17, 15) is 23.5 Å². The summed E-state index contributed by atoms with van der Waals surface area (Å²) in [4.78, 5) is 25.0. The SMILES string of the molecule is CN(C)C(=O)c1cccc(CCNC(=O)C(F)(F)C2(O)CCC2)c1. The van der Waals surface area contributed by atoms with Gasteiger partial charge in [-0.2, -0.15) is 8.78 Å². The van der Waals surface area contributed by atoms with Gasteiger partial charge in [-0.15, -0.1) is 0 Å². The van der Waals surface area contributed by atoms with Crippen LogP contribution in [-0.2, 0) is 11.2 Å². The van der Waals surface area contributed by atoms with Crippen molar-refractivity contribution in [2.24, 2.45) is 0 Å². The molecule has 0 unspecified atom stereocenters. The summed E-state index contributed by atoms with van der Waals surface area (Å²) < 4.78 is 27.8. The lowest BCUT2D eigenvalue weighted by Gasteiger charge is -2.41. The maximum absolute atomic E-state index is 13.9. The first-order chi connectivity index (χ1) is 11.2. The van der Waals surface area contributed by atoms with Gasteiger partial charge in [0.25, 0.3) is 11.8 Å². The fourth-order valence-electron chi connectivity index (χ4n) is 2.59. The lowest BCUT2D eigenvalue weighted by atomic mass is 9.75. The Bertz CT molecular complexity index is 628. The largest absolute Gasteiger partial charge is 0.383 e. The first kappa shape index (κ1) is 18.3. The summed E-state index contributed by atoms with van der Waals surface area (Å²) in [6.45, 7) is 0.00408. The fraction of sp³-hybridized carbons (Fsp3) is 0.529. The number of alkyl halides is 2. The lowest BCUT2D eigenvalue weighted by molar-refractivity contribution is -0.215. The molecule has 1 saturated carbocycles. The lowest BCUT2D eigenvalue weighted by Crippen LogP contribution is -2.60. The molecule has 0 aromatic heterocycles. The van der Waals surface area contributed by atoms with E-state index in [1.807, 2.05) is 0 Å². The standard InChI is InChI=1S/C17H22F2N2O3/c1-21(2)14(22)13-6-3-5-12(11-13)7-10-20-15(23)17(18,19)16(24)8-4-9-16/h3,5-6,11,24H,4,7-10H2,1-2H3,(H,20,23). The number of hydrogen-bond donors (Lipinski definition) is 2. The van der Waals surface area contributed by atoms with E-state index < -0.39 is 17.4 Å². The van der Waals surface area contributed by atoms with Gasteiger partial charge in [0.1, 0.15) is 5.60 Å². The molecule has 7 heteroatoms. The number of carbonyl (C=O) groups excluding carboxylic acids is 2. The van der Waals surface area contributed by atoms with Gasteiger partial charge in [0, 0.05) is 26.2 Å². The van der Waals surface area contributed by atoms with E-state index in [0.29, 0.717) is 18.4 Å². The van der Waals surface area contributed by atoms with Gasteiger partial charge in [-0.05, 0) is 43.4 Å². The molecule has 0 spiro atoms. The Kier molecular flexibility index (Phi) is 5.22. The van der Waals surface area contributed by atoms with Crippen molar-refractivity contribution in [1.29, 1.82) is 0 Å². The number of nitrogens with one attached hydrogen (secondary N) is 1. The van der Waals surface area contributed by atoms with E-state index in [-0.39, 0.29) is 25.3 Å². The van der Waals surface area contributed by atoms with Crippen LogP contribution in [0, 0.1) is 0 Å². The number of hydrogen-bond acceptors (Lipinski definition) is 3. The van der Waals surface area contributed by atoms with Crippen molar-refractivity contribution in [3.05, 3.63) is 35.4 Å². The van der Waals surface area contributed by atoms with Crippen LogP contribution in [0.3, 0.4) is 0 Å². The Hall–Kier alpha value is -2.02. The fourth-order valence-corrected chi connectivity index (χ4v) is 2.59. The summed E-state index contributed by atoms with van der Waals surface area (Å²) in [5, 5.41) is 11.9. The predicted molar refractivity (Wildman–Crippen MR) is 84.9 cm³/mol. The van der Waals surface area contributed by atoms with Crippen LogP contribution in [0.1, 0.15) is 35.2 Å². The van der Waals surface area contributed by atoms with Gasteiger partial charge in [-0.25, -0.2) is 0 Å². The molecule has 1 fully saturated rings. The van der Waals surface area contributed by atoms with Gasteiger partial charge in [0.2, 0.25) is 0 Å². The van der Waals surface area contributed by atoms with Crippen molar-refractivity contribution in [2.45, 2.75) is 37.2 Å². The zero-order valence-electron chi connectivity index (χ0n) is 13.8. The number of carbonyl (C=O) groups is 2. The van der Waals surface area contributed by atoms with Crippen LogP contribution in [0.2, 0.25) is 0 Å². The van der Waals surface area contributed by atoms with E-state index in [1.54, 1.807) is 38.4 Å². The van der Waals surface area contributed by atoms with Crippen LogP contribution in [0.4, 0.5) is 8.78 Å². The van der Waals surface area contributed by atoms with Crippen molar-refractivity contribution in [3.8, 4) is 0 Å². The van der Waals surface area contributed by atoms with Gasteiger partial charge in [-0.1, -0.05) is 12.1 Å². The quantitative estimate of drug-likeness (QED) is 0.826. The summed E-state index contributed by atoms with van der Waals surface area (Å²) in [6, 6.07) is 6.81. The highest BCUT2D eigenvalue weighted by molar-refractivity contribution is 5.94. The molecule has 24 heavy (non-hydrogen) atoms. The third-order valence-corrected chi connectivity index (χ3v) is 4.33. The maximum atomic E-state index is 13.9. The molecule has 5 nitrogen and oxygen atoms in total. The topological polar surface area (TPSA) is 69.6 Å². The Morgan fingerprint density at radius 3 is 2.54 bits per heavy atom. The molecular weight excluding hydrogens is 318 g/mol. The number of amides is 2. The molecule has 1 aliphatic rings. The van der Waals surface area contributed by atoms with Crippen LogP contribution in [0.5, 0.6) is 0 Å². The molecule has 1 aliphatic carbocycles. The molecule has 132 valence electrons. The minimum atomic E-state index is -3.78. The molecule has 1 aromatic rings. The predicted octanol–water partition coefficient (Wildman–Crippen LogP) is 1.60. The van der Waals surface area contributed by atoms with Crippen molar-refractivity contribution < 1.29 is 23.5 Å². The summed E-state index contributed by atoms with van der Waals surface area (Å²) >= 11 is 0. The molecule has 0 saturated heterocycles. The zero-order valence-corrected chi connectivity index (χ0v) is 13.8. The number of aliphatic hydroxyl groups is 1. The second kappa shape index (κ2) is 6.84. The summed E-state index contributed by atoms with van der Waals surface area (Å²) in [5.74, 6) is -5.39. The third kappa shape index (κ3) is 3.56. The number of benzene rings is 1. The van der Waals surface area contributed by atoms with Crippen molar-refractivity contribution in [3.63, 3.8) is 0 Å². The highest BCUT2D eigenvalue weighted by atomic mass is 19.3. The Labute approximate surface area is 139 Å². The highest BCUT2D eigenvalue weighted by Crippen LogP contribution is 2.44. The van der Waals surface area contributed by atoms with E-state index in [2.05, 4.69) is 5.32 Å². The van der Waals surface area contributed by atoms with Crippen LogP contribution < -0.4 is 5.32 Å². The number of nitrogens with zero attached hydrogens (tertiary/aromatic N) is 1. The number of halogens is 2. The summed E-state index contributed by atoms with van der Waals surface area (Å²) in [7, 11) is 3.28. The average molecular weight is 340 g/mol. The molecule has 0 heterocycles. The molecule has 0 atom stereocenters. The Morgan fingerprint density at radius 2 is 2.00 bits per heavy atom. The van der Waals surface area contributed by atoms with Crippen LogP contribution >= 0.6 is 0 Å². The minimum Gasteiger partial charge on any atom is -0.383 e. The summed E-state index contributed by atoms with van der Waals surface area (Å²) in [5.41, 5.74) is -0.957. The second-order valence-electron chi connectivity index (χ2n) is 6.37. The zero-order chi connectivity index (χ0) is 18.0. The van der Waals surface area contributed by atoms with Crippen LogP contribution in [0.25, 0.3) is 0 Å². The number of rotatable bonds is 6. The van der Waals surface area contributed by atoms with Crippen LogP contribution in [0.15, 0.2) is 24.3 Å². The molecule has 0 radical (unpaired) electrons. The van der Waals surface area contributed by atoms with Gasteiger partial charge in [-0.3, -0.25) is 9.59 Å². The van der Waals surface area contributed by atoms with Gasteiger partial charge in [0.05, 0.1) is 0 Å². The molecule has 0 bridgehead atoms. The first-order valence-corrected chi connectivity index (χ1v) is 7.86. The minimum absolute atomic E-state index is 0.00408. The van der Waals surface area contributed by atoms with Crippen molar-refractivity contribution >= 4 is 11.8 Å². The van der Waals surface area contributed by atoms with E-state index in [4.69, 9.17) is 0 Å². The van der Waals surface area contributed by atoms with Crippen molar-refractivity contribution in [1.82, 2.24) is 10.2 Å². The van der Waals surface area contributed by atoms with E-state index in [1.165, 1.54) is 4.90 Å². The summed E-state index contributed by atoms with van der Waals surface area (Å²) in [6.07, 6.45) is 0.672. The molecule has 0 aliphatic heterocycles. The third-order valence-electron chi connectivity index (χ3n) is 4.33. The molecule has 2 N–H and O–H groups in total. The van der Waals surface area contributed by atoms with Gasteiger partial charge >= 0.3 is 5.92 Å². The molecule has 1 aromatic carbocycles. The molecule has 2 amide bonds. The van der Waals surface area contributed by atoms with E-state index in [0.717, 1.165) is 5.56 Å². The monoisotopic (exact) mass is 340 g/mol. The maximum Gasteiger partial charge on any atom is 0.352 e. The smallest absolute Gasteiger partial charge is 0.352 e. The molecule has 2 rings (SSSR count). The average Bonchev–Trinajstić information content (AvgIpc) is 2.51. The van der Waals surface area contributed by atoms with Crippen molar-refractivity contribution in [2.75, 3.05) is 20.6 Å². The van der Waals surface area contributed by atoms with Gasteiger partial charge < -0.3 is 15.3 Å². The molecular formula is C17H22F2N2O3. The second-order valence-corrected chi connectivity index (χ2v) is 6.37. The normalized spacial score (nSPS) is 16.2. The highest BCUT2D eigenvalue weighted by Gasteiger charge is 2.60.